The molecule has 1 aromatic heterocycles. The van der Waals surface area contributed by atoms with Crippen molar-refractivity contribution in [3.05, 3.63) is 77.5 Å². The number of nitrogen functional groups attached to an aromatic ring is 1. The van der Waals surface area contributed by atoms with E-state index in [1.165, 1.54) is 30.0 Å². The van der Waals surface area contributed by atoms with Crippen LogP contribution in [0.4, 0.5) is 24.5 Å². The number of nitrogens with one attached hydrogen (secondary N) is 1. The number of aromatic nitrogens is 1. The van der Waals surface area contributed by atoms with Crippen LogP contribution in [0.2, 0.25) is 0 Å². The van der Waals surface area contributed by atoms with Crippen molar-refractivity contribution >= 4 is 17.2 Å². The number of nitrogens with two attached hydrogens (primary N) is 1. The van der Waals surface area contributed by atoms with Gasteiger partial charge in [0.2, 0.25) is 0 Å². The Bertz CT molecular complexity index is 1320. The molecule has 0 radical (unpaired) electrons. The van der Waals surface area contributed by atoms with Gasteiger partial charge in [-0.2, -0.15) is 13.2 Å². The fourth-order valence-corrected chi connectivity index (χ4v) is 4.92. The molecule has 1 aliphatic rings. The minimum Gasteiger partial charge on any atom is -0.398 e. The Kier molecular flexibility index (Phi) is 8.85. The monoisotopic (exact) mass is 553 g/mol. The summed E-state index contributed by atoms with van der Waals surface area (Å²) in [6.07, 6.45) is -2.71. The molecule has 40 heavy (non-hydrogen) atoms. The maximum Gasteiger partial charge on any atom is 0.417 e. The van der Waals surface area contributed by atoms with Crippen LogP contribution in [-0.2, 0) is 16.3 Å². The molecule has 2 atom stereocenters. The first kappa shape index (κ1) is 29.6. The largest absolute Gasteiger partial charge is 0.417 e. The topological polar surface area (TPSA) is 75.8 Å². The molecule has 3 aromatic rings. The van der Waals surface area contributed by atoms with E-state index in [0.29, 0.717) is 17.9 Å². The number of anilines is 2. The van der Waals surface area contributed by atoms with Crippen molar-refractivity contribution in [1.82, 2.24) is 9.88 Å². The van der Waals surface area contributed by atoms with Crippen molar-refractivity contribution in [3.63, 3.8) is 0 Å². The summed E-state index contributed by atoms with van der Waals surface area (Å²) >= 11 is 0. The van der Waals surface area contributed by atoms with Crippen molar-refractivity contribution in [1.29, 1.82) is 0 Å². The van der Waals surface area contributed by atoms with Crippen molar-refractivity contribution in [3.8, 4) is 11.3 Å². The van der Waals surface area contributed by atoms with E-state index in [0.717, 1.165) is 31.4 Å². The molecule has 214 valence electrons. The van der Waals surface area contributed by atoms with Crippen LogP contribution >= 0.6 is 0 Å². The molecule has 0 spiro atoms. The predicted molar refractivity (Wildman–Crippen MR) is 156 cm³/mol. The molecule has 0 bridgehead atoms. The quantitative estimate of drug-likeness (QED) is 0.265. The summed E-state index contributed by atoms with van der Waals surface area (Å²) in [4.78, 5) is 11.5. The zero-order chi connectivity index (χ0) is 29.1. The van der Waals surface area contributed by atoms with Crippen LogP contribution in [0.5, 0.6) is 0 Å². The average Bonchev–Trinajstić information content (AvgIpc) is 2.87. The van der Waals surface area contributed by atoms with Gasteiger partial charge in [-0.3, -0.25) is 14.9 Å². The first-order chi connectivity index (χ1) is 18.8. The van der Waals surface area contributed by atoms with Crippen molar-refractivity contribution in [2.45, 2.75) is 58.4 Å². The van der Waals surface area contributed by atoms with Gasteiger partial charge in [0.25, 0.3) is 0 Å². The van der Waals surface area contributed by atoms with E-state index in [9.17, 15) is 13.2 Å². The number of hydrogen-bond acceptors (Lipinski definition) is 5. The Balaban J connectivity index is 1.64. The minimum atomic E-state index is -4.51. The molecule has 0 amide bonds. The van der Waals surface area contributed by atoms with E-state index in [-0.39, 0.29) is 34.6 Å². The Morgan fingerprint density at radius 1 is 1.05 bits per heavy atom. The van der Waals surface area contributed by atoms with Crippen LogP contribution in [0.3, 0.4) is 0 Å². The molecule has 2 aromatic carbocycles. The van der Waals surface area contributed by atoms with Crippen LogP contribution in [0.1, 0.15) is 51.3 Å². The van der Waals surface area contributed by atoms with E-state index in [4.69, 9.17) is 15.5 Å². The number of aliphatic imine (C=N–C) groups is 1. The molecular formula is C31H38F3N5O. The fraction of sp³-hybridized carbons (Fsp3) is 0.419. The number of amidine groups is 1. The fourth-order valence-electron chi connectivity index (χ4n) is 4.92. The molecule has 3 N–H and O–H groups in total. The lowest BCUT2D eigenvalue weighted by atomic mass is 9.87. The van der Waals surface area contributed by atoms with E-state index in [2.05, 4.69) is 62.0 Å². The maximum absolute atomic E-state index is 13.6. The van der Waals surface area contributed by atoms with Gasteiger partial charge in [-0.05, 0) is 49.1 Å². The molecule has 0 unspecified atom stereocenters. The molecule has 1 saturated heterocycles. The highest BCUT2D eigenvalue weighted by Gasteiger charge is 2.33. The first-order valence-corrected chi connectivity index (χ1v) is 13.5. The summed E-state index contributed by atoms with van der Waals surface area (Å²) in [5.41, 5.74) is 8.66. The third-order valence-corrected chi connectivity index (χ3v) is 6.89. The number of pyridine rings is 1. The number of rotatable bonds is 6. The van der Waals surface area contributed by atoms with Gasteiger partial charge in [-0.15, -0.1) is 0 Å². The number of halogens is 3. The summed E-state index contributed by atoms with van der Waals surface area (Å²) in [6, 6.07) is 14.9. The molecule has 0 aliphatic carbocycles. The third kappa shape index (κ3) is 7.40. The third-order valence-electron chi connectivity index (χ3n) is 6.89. The lowest BCUT2D eigenvalue weighted by Gasteiger charge is -2.34. The zero-order valence-corrected chi connectivity index (χ0v) is 23.7. The highest BCUT2D eigenvalue weighted by molar-refractivity contribution is 6.11. The molecular weight excluding hydrogens is 515 g/mol. The van der Waals surface area contributed by atoms with Crippen molar-refractivity contribution < 1.29 is 17.9 Å². The number of ether oxygens (including phenoxy) is 1. The van der Waals surface area contributed by atoms with Crippen molar-refractivity contribution in [2.24, 2.45) is 4.99 Å². The Morgan fingerprint density at radius 2 is 1.70 bits per heavy atom. The molecule has 1 fully saturated rings. The van der Waals surface area contributed by atoms with Crippen LogP contribution in [0, 0.1) is 0 Å². The summed E-state index contributed by atoms with van der Waals surface area (Å²) in [5.74, 6) is 0.513. The van der Waals surface area contributed by atoms with Gasteiger partial charge in [0, 0.05) is 42.8 Å². The highest BCUT2D eigenvalue weighted by atomic mass is 19.4. The second kappa shape index (κ2) is 12.0. The summed E-state index contributed by atoms with van der Waals surface area (Å²) < 4.78 is 46.7. The van der Waals surface area contributed by atoms with E-state index in [1.807, 2.05) is 12.1 Å². The number of morpholine rings is 1. The molecule has 4 rings (SSSR count). The maximum atomic E-state index is 13.6. The number of benzene rings is 2. The minimum absolute atomic E-state index is 0.0127. The summed E-state index contributed by atoms with van der Waals surface area (Å²) in [6.45, 7) is 13.5. The lowest BCUT2D eigenvalue weighted by Crippen LogP contribution is -2.46. The molecule has 0 saturated carbocycles. The molecule has 1 aliphatic heterocycles. The van der Waals surface area contributed by atoms with Crippen LogP contribution in [-0.4, -0.2) is 54.1 Å². The van der Waals surface area contributed by atoms with E-state index >= 15 is 0 Å². The predicted octanol–water partition coefficient (Wildman–Crippen LogP) is 6.62. The number of hydrogen-bond donors (Lipinski definition) is 2. The normalized spacial score (nSPS) is 19.1. The van der Waals surface area contributed by atoms with Crippen LogP contribution in [0.25, 0.3) is 11.3 Å². The smallest absolute Gasteiger partial charge is 0.398 e. The van der Waals surface area contributed by atoms with Gasteiger partial charge in [-0.25, -0.2) is 0 Å². The van der Waals surface area contributed by atoms with E-state index < -0.39 is 11.7 Å². The average molecular weight is 554 g/mol. The molecule has 2 heterocycles. The second-order valence-corrected chi connectivity index (χ2v) is 11.4. The van der Waals surface area contributed by atoms with Gasteiger partial charge < -0.3 is 15.8 Å². The van der Waals surface area contributed by atoms with Crippen molar-refractivity contribution in [2.75, 3.05) is 37.2 Å². The standard InChI is InChI=1S/C31H38F3N5O/c1-20-18-39(19-21(2)40-20)15-14-36-29(38-23-12-10-22(11-13-23)30(3,4)5)25-17-37-28(16-27(25)35)24-8-6-7-9-26(24)31(32,33)34/h6-13,16-17,20-21H,14-15,18-19H2,1-5H3,(H2,35,37)(H,36,38)/t20-,21+. The number of nitrogens with zero attached hydrogens (tertiary/aromatic N) is 3. The summed E-state index contributed by atoms with van der Waals surface area (Å²) in [7, 11) is 0. The first-order valence-electron chi connectivity index (χ1n) is 13.5. The van der Waals surface area contributed by atoms with Crippen LogP contribution < -0.4 is 11.1 Å². The Labute approximate surface area is 234 Å². The van der Waals surface area contributed by atoms with Gasteiger partial charge in [0.1, 0.15) is 5.84 Å². The van der Waals surface area contributed by atoms with Gasteiger partial charge >= 0.3 is 6.18 Å². The lowest BCUT2D eigenvalue weighted by molar-refractivity contribution is -0.137. The molecule has 9 heteroatoms. The van der Waals surface area contributed by atoms with Gasteiger partial charge in [0.15, 0.2) is 0 Å². The van der Waals surface area contributed by atoms with Gasteiger partial charge in [-0.1, -0.05) is 51.1 Å². The van der Waals surface area contributed by atoms with E-state index in [1.54, 1.807) is 6.07 Å². The number of alkyl halides is 3. The Hall–Kier alpha value is -3.43. The van der Waals surface area contributed by atoms with Gasteiger partial charge in [0.05, 0.1) is 35.6 Å². The Morgan fingerprint density at radius 3 is 2.30 bits per heavy atom. The summed E-state index contributed by atoms with van der Waals surface area (Å²) in [5, 5.41) is 3.37. The SMILES string of the molecule is C[C@@H]1CN(CCN=C(Nc2ccc(C(C)(C)C)cc2)c2cnc(-c3ccccc3C(F)(F)F)cc2N)C[C@H](C)O1. The van der Waals surface area contributed by atoms with Crippen LogP contribution in [0.15, 0.2) is 65.8 Å². The molecule has 6 nitrogen and oxygen atoms in total. The zero-order valence-electron chi connectivity index (χ0n) is 23.7. The second-order valence-electron chi connectivity index (χ2n) is 11.4. The highest BCUT2D eigenvalue weighted by Crippen LogP contribution is 2.37.